The first kappa shape index (κ1) is 49.3. The van der Waals surface area contributed by atoms with Gasteiger partial charge in [-0.15, -0.1) is 0 Å². The number of carboxylic acids is 3. The van der Waals surface area contributed by atoms with Gasteiger partial charge in [0.05, 0.1) is 0 Å². The predicted molar refractivity (Wildman–Crippen MR) is 176 cm³/mol. The number of unbranched alkanes of at least 4 members (excludes halogenated alkanes) is 24. The second kappa shape index (κ2) is 45.9. The van der Waals surface area contributed by atoms with Gasteiger partial charge in [0, 0.05) is 49.9 Å². The molecule has 0 fully saturated rings. The summed E-state index contributed by atoms with van der Waals surface area (Å²) in [5.41, 5.74) is 0. The summed E-state index contributed by atoms with van der Waals surface area (Å²) in [6.45, 7) is 6.68. The van der Waals surface area contributed by atoms with Crippen molar-refractivity contribution in [2.75, 3.05) is 0 Å². The molecule has 0 unspecified atom stereocenters. The minimum Gasteiger partial charge on any atom is -0.550 e. The first-order chi connectivity index (χ1) is 20.3. The largest absolute Gasteiger partial charge is 0.550 e. The van der Waals surface area contributed by atoms with E-state index in [-0.39, 0.29) is 37.5 Å². The molecule has 0 heterocycles. The molecule has 0 aromatic rings. The standard InChI is InChI=1S/3C12H24O2.U/c3*1-2-3-4-5-6-7-8-9-10-11-12(13)14;/h3*2-11H2,1H3,(H,13,14);/p-1. The van der Waals surface area contributed by atoms with Gasteiger partial charge in [-0.25, -0.2) is 0 Å². The fourth-order valence-corrected chi connectivity index (χ4v) is 4.75. The minimum absolute atomic E-state index is 0. The van der Waals surface area contributed by atoms with Crippen molar-refractivity contribution in [2.24, 2.45) is 0 Å². The smallest absolute Gasteiger partial charge is 0.303 e. The number of hydrogen-bond donors (Lipinski definition) is 2. The summed E-state index contributed by atoms with van der Waals surface area (Å²) in [5.74, 6) is -2.23. The Morgan fingerprint density at radius 1 is 0.372 bits per heavy atom. The van der Waals surface area contributed by atoms with Gasteiger partial charge in [0.15, 0.2) is 0 Å². The molecule has 43 heavy (non-hydrogen) atoms. The number of carbonyl (C=O) groups excluding carboxylic acids is 1. The Labute approximate surface area is 290 Å². The Balaban J connectivity index is -0.000000262. The summed E-state index contributed by atoms with van der Waals surface area (Å²) >= 11 is 0. The molecule has 6 nitrogen and oxygen atoms in total. The van der Waals surface area contributed by atoms with E-state index in [1.165, 1.54) is 135 Å². The number of rotatable bonds is 30. The molecule has 0 saturated heterocycles. The zero-order valence-electron chi connectivity index (χ0n) is 28.7. The first-order valence-electron chi connectivity index (χ1n) is 17.9. The van der Waals surface area contributed by atoms with Crippen LogP contribution in [-0.2, 0) is 14.4 Å². The zero-order chi connectivity index (χ0) is 31.9. The quantitative estimate of drug-likeness (QED) is 0.0697. The van der Waals surface area contributed by atoms with E-state index in [0.717, 1.165) is 38.5 Å². The number of hydrogen-bond acceptors (Lipinski definition) is 4. The van der Waals surface area contributed by atoms with Crippen LogP contribution >= 0.6 is 0 Å². The molecule has 0 aliphatic carbocycles. The summed E-state index contributed by atoms with van der Waals surface area (Å²) in [5, 5.41) is 26.9. The van der Waals surface area contributed by atoms with Crippen molar-refractivity contribution < 1.29 is 60.8 Å². The average Bonchev–Trinajstić information content (AvgIpc) is 2.95. The molecule has 0 spiro atoms. The van der Waals surface area contributed by atoms with Gasteiger partial charge in [-0.3, -0.25) is 9.59 Å². The molecule has 0 rings (SSSR count). The van der Waals surface area contributed by atoms with Crippen LogP contribution in [0.2, 0.25) is 0 Å². The van der Waals surface area contributed by atoms with Gasteiger partial charge in [0.1, 0.15) is 0 Å². The van der Waals surface area contributed by atoms with Crippen molar-refractivity contribution in [3.8, 4) is 0 Å². The Bertz CT molecular complexity index is 480. The molecule has 256 valence electrons. The Morgan fingerprint density at radius 3 is 0.744 bits per heavy atom. The summed E-state index contributed by atoms with van der Waals surface area (Å²) in [4.78, 5) is 30.5. The molecular formula is C36H71O6U-. The van der Waals surface area contributed by atoms with Crippen LogP contribution in [-0.4, -0.2) is 28.1 Å². The molecule has 0 aliphatic heterocycles. The van der Waals surface area contributed by atoms with Gasteiger partial charge in [-0.2, -0.15) is 0 Å². The van der Waals surface area contributed by atoms with Crippen molar-refractivity contribution in [3.63, 3.8) is 0 Å². The van der Waals surface area contributed by atoms with Gasteiger partial charge in [-0.05, 0) is 25.7 Å². The van der Waals surface area contributed by atoms with E-state index in [0.29, 0.717) is 12.8 Å². The van der Waals surface area contributed by atoms with Gasteiger partial charge < -0.3 is 20.1 Å². The van der Waals surface area contributed by atoms with Crippen LogP contribution in [0.4, 0.5) is 0 Å². The Morgan fingerprint density at radius 2 is 0.558 bits per heavy atom. The fraction of sp³-hybridized carbons (Fsp3) is 0.917. The maximum atomic E-state index is 10.2. The van der Waals surface area contributed by atoms with Crippen molar-refractivity contribution >= 4 is 17.9 Å². The predicted octanol–water partition coefficient (Wildman–Crippen LogP) is 10.6. The third-order valence-electron chi connectivity index (χ3n) is 7.47. The van der Waals surface area contributed by atoms with E-state index >= 15 is 0 Å². The normalized spacial score (nSPS) is 10.1. The molecule has 0 aromatic carbocycles. The summed E-state index contributed by atoms with van der Waals surface area (Å²) in [6.07, 6.45) is 34.1. The van der Waals surface area contributed by atoms with Crippen molar-refractivity contribution in [3.05, 3.63) is 0 Å². The summed E-state index contributed by atoms with van der Waals surface area (Å²) in [6, 6.07) is 0. The molecule has 7 heteroatoms. The second-order valence-electron chi connectivity index (χ2n) is 11.9. The number of carbonyl (C=O) groups is 3. The van der Waals surface area contributed by atoms with Crippen molar-refractivity contribution in [1.82, 2.24) is 0 Å². The topological polar surface area (TPSA) is 115 Å². The fourth-order valence-electron chi connectivity index (χ4n) is 4.75. The van der Waals surface area contributed by atoms with Crippen LogP contribution in [0.25, 0.3) is 0 Å². The number of aliphatic carboxylic acids is 3. The van der Waals surface area contributed by atoms with Gasteiger partial charge in [-0.1, -0.05) is 175 Å². The van der Waals surface area contributed by atoms with Gasteiger partial charge in [0.25, 0.3) is 0 Å². The molecule has 2 N–H and O–H groups in total. The molecule has 0 bridgehead atoms. The average molecular weight is 838 g/mol. The Hall–Kier alpha value is -0.538. The maximum Gasteiger partial charge on any atom is 0.303 e. The Kier molecular flexibility index (Phi) is 52.7. The van der Waals surface area contributed by atoms with E-state index < -0.39 is 17.9 Å². The van der Waals surface area contributed by atoms with Crippen molar-refractivity contribution in [2.45, 2.75) is 213 Å². The molecule has 0 saturated carbocycles. The zero-order valence-corrected chi connectivity index (χ0v) is 32.9. The third-order valence-corrected chi connectivity index (χ3v) is 7.47. The molecular weight excluding hydrogens is 766 g/mol. The van der Waals surface area contributed by atoms with Crippen LogP contribution in [0, 0.1) is 31.1 Å². The third kappa shape index (κ3) is 61.3. The molecule has 0 aromatic heterocycles. The van der Waals surface area contributed by atoms with Crippen LogP contribution in [0.3, 0.4) is 0 Å². The monoisotopic (exact) mass is 838 g/mol. The van der Waals surface area contributed by atoms with Crippen LogP contribution < -0.4 is 5.11 Å². The van der Waals surface area contributed by atoms with Gasteiger partial charge >= 0.3 is 11.9 Å². The van der Waals surface area contributed by atoms with E-state index in [2.05, 4.69) is 20.8 Å². The summed E-state index contributed by atoms with van der Waals surface area (Å²) < 4.78 is 0. The van der Waals surface area contributed by atoms with Crippen molar-refractivity contribution in [1.29, 1.82) is 0 Å². The molecule has 0 radical (unpaired) electrons. The second-order valence-corrected chi connectivity index (χ2v) is 11.9. The van der Waals surface area contributed by atoms with E-state index in [4.69, 9.17) is 10.2 Å². The van der Waals surface area contributed by atoms with Crippen LogP contribution in [0.1, 0.15) is 213 Å². The minimum atomic E-state index is -0.909. The summed E-state index contributed by atoms with van der Waals surface area (Å²) in [7, 11) is 0. The van der Waals surface area contributed by atoms with E-state index in [1.807, 2.05) is 0 Å². The number of carboxylic acid groups (broad SMARTS) is 3. The first-order valence-corrected chi connectivity index (χ1v) is 17.9. The van der Waals surface area contributed by atoms with E-state index in [1.54, 1.807) is 0 Å². The van der Waals surface area contributed by atoms with E-state index in [9.17, 15) is 19.5 Å². The molecule has 0 amide bonds. The van der Waals surface area contributed by atoms with Gasteiger partial charge in [0.2, 0.25) is 0 Å². The SMILES string of the molecule is CCCCCCCCCCCC(=O)O.CCCCCCCCCCCC(=O)O.CCCCCCCCCCCC(=O)[O-].[U]. The van der Waals surface area contributed by atoms with Crippen LogP contribution in [0.5, 0.6) is 0 Å². The molecule has 0 aliphatic rings. The van der Waals surface area contributed by atoms with Crippen LogP contribution in [0.15, 0.2) is 0 Å². The molecule has 0 atom stereocenters. The maximum absolute atomic E-state index is 10.2.